The van der Waals surface area contributed by atoms with Gasteiger partial charge in [0.2, 0.25) is 0 Å². The summed E-state index contributed by atoms with van der Waals surface area (Å²) in [5.41, 5.74) is -0.405. The second-order valence-electron chi connectivity index (χ2n) is 13.2. The van der Waals surface area contributed by atoms with Crippen molar-refractivity contribution >= 4 is 47.8 Å². The molecule has 276 valence electrons. The van der Waals surface area contributed by atoms with E-state index in [1.54, 1.807) is 53.7 Å². The van der Waals surface area contributed by atoms with Crippen molar-refractivity contribution in [2.75, 3.05) is 14.2 Å². The van der Waals surface area contributed by atoms with Gasteiger partial charge in [-0.3, -0.25) is 9.59 Å². The van der Waals surface area contributed by atoms with Crippen molar-refractivity contribution in [3.63, 3.8) is 0 Å². The Kier molecular flexibility index (Phi) is 14.9. The molecule has 0 heterocycles. The molecule has 0 bridgehead atoms. The van der Waals surface area contributed by atoms with Crippen LogP contribution in [0.25, 0.3) is 12.2 Å². The third-order valence-electron chi connectivity index (χ3n) is 6.24. The van der Waals surface area contributed by atoms with Crippen molar-refractivity contribution < 1.29 is 57.2 Å². The second kappa shape index (κ2) is 18.4. The molecule has 0 radical (unpaired) electrons. The van der Waals surface area contributed by atoms with Crippen molar-refractivity contribution in [3.8, 4) is 23.0 Å². The molecule has 0 saturated heterocycles. The molecule has 2 atom stereocenters. The topological polar surface area (TPSA) is 182 Å². The van der Waals surface area contributed by atoms with Gasteiger partial charge in [0, 0.05) is 0 Å². The smallest absolute Gasteiger partial charge is 0.408 e. The molecule has 14 heteroatoms. The Morgan fingerprint density at radius 2 is 0.961 bits per heavy atom. The second-order valence-corrected chi connectivity index (χ2v) is 13.2. The Morgan fingerprint density at radius 1 is 0.608 bits per heavy atom. The van der Waals surface area contributed by atoms with Gasteiger partial charge in [-0.2, -0.15) is 0 Å². The average molecular weight is 711 g/mol. The Labute approximate surface area is 297 Å². The first-order valence-corrected chi connectivity index (χ1v) is 15.9. The number of carbonyl (C=O) groups is 6. The van der Waals surface area contributed by atoms with E-state index < -0.39 is 65.4 Å². The largest absolute Gasteiger partial charge is 0.493 e. The molecule has 0 aliphatic carbocycles. The zero-order valence-electron chi connectivity index (χ0n) is 30.5. The number of methoxy groups -OCH3 is 2. The lowest BCUT2D eigenvalue weighted by molar-refractivity contribution is -0.137. The summed E-state index contributed by atoms with van der Waals surface area (Å²) in [4.78, 5) is 74.0. The van der Waals surface area contributed by atoms with Crippen LogP contribution >= 0.6 is 0 Å². The molecule has 0 spiro atoms. The van der Waals surface area contributed by atoms with Crippen LogP contribution in [0.5, 0.6) is 23.0 Å². The number of benzene rings is 2. The highest BCUT2D eigenvalue weighted by molar-refractivity contribution is 6.11. The van der Waals surface area contributed by atoms with Crippen molar-refractivity contribution in [2.45, 2.75) is 85.1 Å². The van der Waals surface area contributed by atoms with Crippen LogP contribution in [0.2, 0.25) is 0 Å². The summed E-state index contributed by atoms with van der Waals surface area (Å²) in [5, 5.41) is 4.81. The van der Waals surface area contributed by atoms with Gasteiger partial charge in [-0.15, -0.1) is 0 Å². The average Bonchev–Trinajstić information content (AvgIpc) is 3.01. The lowest BCUT2D eigenvalue weighted by atomic mass is 10.1. The minimum absolute atomic E-state index is 0.0942. The van der Waals surface area contributed by atoms with Gasteiger partial charge in [0.05, 0.1) is 20.6 Å². The number of hydrogen-bond donors (Lipinski definition) is 2. The molecule has 0 aliphatic rings. The Bertz CT molecular complexity index is 1540. The van der Waals surface area contributed by atoms with Crippen LogP contribution in [-0.4, -0.2) is 73.2 Å². The van der Waals surface area contributed by atoms with Gasteiger partial charge in [-0.25, -0.2) is 19.2 Å². The highest BCUT2D eigenvalue weighted by atomic mass is 16.6. The van der Waals surface area contributed by atoms with E-state index in [1.807, 2.05) is 0 Å². The van der Waals surface area contributed by atoms with E-state index in [-0.39, 0.29) is 23.0 Å². The highest BCUT2D eigenvalue weighted by Gasteiger charge is 2.25. The lowest BCUT2D eigenvalue weighted by Crippen LogP contribution is -2.43. The maximum atomic E-state index is 12.5. The van der Waals surface area contributed by atoms with E-state index in [0.717, 1.165) is 0 Å². The lowest BCUT2D eigenvalue weighted by Gasteiger charge is -2.21. The summed E-state index contributed by atoms with van der Waals surface area (Å²) in [5.74, 6) is -1.84. The molecule has 51 heavy (non-hydrogen) atoms. The molecule has 2 N–H and O–H groups in total. The zero-order valence-corrected chi connectivity index (χ0v) is 30.5. The zero-order chi connectivity index (χ0) is 38.5. The van der Waals surface area contributed by atoms with E-state index >= 15 is 0 Å². The third-order valence-corrected chi connectivity index (χ3v) is 6.24. The maximum Gasteiger partial charge on any atom is 0.408 e. The van der Waals surface area contributed by atoms with Crippen LogP contribution in [0.1, 0.15) is 72.9 Å². The van der Waals surface area contributed by atoms with Gasteiger partial charge >= 0.3 is 24.1 Å². The summed E-state index contributed by atoms with van der Waals surface area (Å²) >= 11 is 0. The predicted molar refractivity (Wildman–Crippen MR) is 188 cm³/mol. The van der Waals surface area contributed by atoms with Gasteiger partial charge in [0.1, 0.15) is 23.3 Å². The van der Waals surface area contributed by atoms with Gasteiger partial charge in [0.15, 0.2) is 34.6 Å². The molecule has 2 aromatic rings. The third kappa shape index (κ3) is 15.2. The number of allylic oxidation sites excluding steroid dienone is 2. The van der Waals surface area contributed by atoms with E-state index in [0.29, 0.717) is 11.1 Å². The highest BCUT2D eigenvalue weighted by Crippen LogP contribution is 2.30. The summed E-state index contributed by atoms with van der Waals surface area (Å²) in [7, 11) is 2.75. The molecule has 2 aromatic carbocycles. The fourth-order valence-corrected chi connectivity index (χ4v) is 3.89. The summed E-state index contributed by atoms with van der Waals surface area (Å²) in [6, 6.07) is 7.14. The standard InChI is InChI=1S/C37H46N2O12/c1-22(38-34(44)50-36(3,4)5)32(42)48-28-17-13-24(19-30(28)46-9)11-15-26(40)21-27(41)16-12-25-14-18-29(31(20-25)47-10)49-33(43)23(2)39-35(45)51-37(6,7)8/h11-20,22-23H,21H2,1-10H3,(H,38,44)(H,39,45)/b15-11+,16-12+. The van der Waals surface area contributed by atoms with E-state index in [9.17, 15) is 28.8 Å². The molecule has 2 unspecified atom stereocenters. The minimum Gasteiger partial charge on any atom is -0.493 e. The molecule has 2 rings (SSSR count). The molecule has 0 aromatic heterocycles. The number of carbonyl (C=O) groups excluding carboxylic acids is 6. The van der Waals surface area contributed by atoms with Crippen molar-refractivity contribution in [2.24, 2.45) is 0 Å². The Morgan fingerprint density at radius 3 is 1.27 bits per heavy atom. The molecule has 0 aliphatic heterocycles. The first-order valence-electron chi connectivity index (χ1n) is 15.9. The van der Waals surface area contributed by atoms with E-state index in [2.05, 4.69) is 10.6 Å². The number of esters is 2. The number of amides is 2. The van der Waals surface area contributed by atoms with Crippen molar-refractivity contribution in [1.29, 1.82) is 0 Å². The number of ether oxygens (including phenoxy) is 6. The van der Waals surface area contributed by atoms with Gasteiger partial charge < -0.3 is 39.1 Å². The van der Waals surface area contributed by atoms with Crippen LogP contribution in [0.3, 0.4) is 0 Å². The van der Waals surface area contributed by atoms with Crippen LogP contribution in [-0.2, 0) is 28.7 Å². The Balaban J connectivity index is 1.97. The number of hydrogen-bond acceptors (Lipinski definition) is 12. The number of rotatable bonds is 14. The monoisotopic (exact) mass is 710 g/mol. The first-order chi connectivity index (χ1) is 23.7. The normalized spacial score (nSPS) is 12.7. The molecule has 0 fully saturated rings. The number of ketones is 2. The Hall–Kier alpha value is -5.66. The quantitative estimate of drug-likeness (QED) is 0.107. The summed E-state index contributed by atoms with van der Waals surface area (Å²) in [6.45, 7) is 13.1. The first kappa shape index (κ1) is 41.5. The molecular formula is C37H46N2O12. The molecule has 14 nitrogen and oxygen atoms in total. The number of nitrogens with one attached hydrogen (secondary N) is 2. The van der Waals surface area contributed by atoms with Crippen LogP contribution < -0.4 is 29.6 Å². The van der Waals surface area contributed by atoms with Crippen molar-refractivity contribution in [1.82, 2.24) is 10.6 Å². The SMILES string of the molecule is COc1cc(/C=C/C(=O)CC(=O)/C=C/c2ccc(OC(=O)C(C)NC(=O)OC(C)(C)C)c(OC)c2)ccc1OC(=O)C(C)NC(=O)OC(C)(C)C. The maximum absolute atomic E-state index is 12.5. The van der Waals surface area contributed by atoms with Crippen LogP contribution in [0, 0.1) is 0 Å². The van der Waals surface area contributed by atoms with Gasteiger partial charge in [-0.1, -0.05) is 24.3 Å². The minimum atomic E-state index is -1.01. The molecular weight excluding hydrogens is 664 g/mol. The predicted octanol–water partition coefficient (Wildman–Crippen LogP) is 5.60. The van der Waals surface area contributed by atoms with Gasteiger partial charge in [-0.05, 0) is 103 Å². The van der Waals surface area contributed by atoms with E-state index in [1.165, 1.54) is 76.6 Å². The fraction of sp³-hybridized carbons (Fsp3) is 0.405. The summed E-state index contributed by atoms with van der Waals surface area (Å²) in [6.07, 6.45) is 3.50. The van der Waals surface area contributed by atoms with E-state index in [4.69, 9.17) is 28.4 Å². The number of alkyl carbamates (subject to hydrolysis) is 2. The molecule has 0 saturated carbocycles. The van der Waals surface area contributed by atoms with Crippen LogP contribution in [0.4, 0.5) is 9.59 Å². The van der Waals surface area contributed by atoms with Crippen molar-refractivity contribution in [3.05, 3.63) is 59.7 Å². The van der Waals surface area contributed by atoms with Gasteiger partial charge in [0.25, 0.3) is 0 Å². The molecule has 2 amide bonds. The van der Waals surface area contributed by atoms with Crippen LogP contribution in [0.15, 0.2) is 48.6 Å². The summed E-state index contributed by atoms with van der Waals surface area (Å²) < 4.78 is 31.7. The fourth-order valence-electron chi connectivity index (χ4n) is 3.89.